The van der Waals surface area contributed by atoms with Crippen LogP contribution in [0.4, 0.5) is 5.69 Å². The molecule has 2 rings (SSSR count). The molecule has 1 N–H and O–H groups in total. The first-order valence-electron chi connectivity index (χ1n) is 5.38. The van der Waals surface area contributed by atoms with Gasteiger partial charge in [-0.2, -0.15) is 5.26 Å². The Morgan fingerprint density at radius 1 is 1.47 bits per heavy atom. The number of nitriles is 1. The average Bonchev–Trinajstić information content (AvgIpc) is 2.76. The van der Waals surface area contributed by atoms with Crippen molar-refractivity contribution >= 4 is 17.0 Å². The highest BCUT2D eigenvalue weighted by Crippen LogP contribution is 2.23. The molecule has 0 aliphatic rings. The van der Waals surface area contributed by atoms with Gasteiger partial charge in [0.25, 0.3) is 0 Å². The summed E-state index contributed by atoms with van der Waals surface area (Å²) in [4.78, 5) is 5.55. The van der Waals surface area contributed by atoms with E-state index >= 15 is 0 Å². The molecule has 3 nitrogen and oxygen atoms in total. The molecule has 1 heterocycles. The molecule has 0 aliphatic carbocycles. The second kappa shape index (κ2) is 4.98. The molecule has 86 valence electrons. The summed E-state index contributed by atoms with van der Waals surface area (Å²) < 4.78 is 0. The van der Waals surface area contributed by atoms with E-state index in [0.29, 0.717) is 5.56 Å². The van der Waals surface area contributed by atoms with Gasteiger partial charge < -0.3 is 5.32 Å². The van der Waals surface area contributed by atoms with Crippen molar-refractivity contribution in [1.29, 1.82) is 5.26 Å². The van der Waals surface area contributed by atoms with Crippen LogP contribution in [0, 0.1) is 18.3 Å². The van der Waals surface area contributed by atoms with Crippen LogP contribution in [-0.4, -0.2) is 4.98 Å². The van der Waals surface area contributed by atoms with Crippen LogP contribution < -0.4 is 5.32 Å². The zero-order valence-corrected chi connectivity index (χ0v) is 10.6. The first kappa shape index (κ1) is 11.6. The lowest BCUT2D eigenvalue weighted by Crippen LogP contribution is -2.05. The van der Waals surface area contributed by atoms with Gasteiger partial charge in [0.15, 0.2) is 0 Å². The largest absolute Gasteiger partial charge is 0.376 e. The lowest BCUT2D eigenvalue weighted by molar-refractivity contribution is 0.869. The van der Waals surface area contributed by atoms with Crippen LogP contribution in [-0.2, 0) is 0 Å². The predicted octanol–water partition coefficient (Wildman–Crippen LogP) is 3.50. The topological polar surface area (TPSA) is 48.7 Å². The molecular weight excluding hydrogens is 230 g/mol. The minimum atomic E-state index is 0.155. The van der Waals surface area contributed by atoms with Gasteiger partial charge in [-0.15, -0.1) is 11.3 Å². The Morgan fingerprint density at radius 3 is 2.94 bits per heavy atom. The summed E-state index contributed by atoms with van der Waals surface area (Å²) in [7, 11) is 0. The number of hydrogen-bond acceptors (Lipinski definition) is 4. The number of aryl methyl sites for hydroxylation is 1. The molecule has 0 spiro atoms. The van der Waals surface area contributed by atoms with Gasteiger partial charge >= 0.3 is 0 Å². The Labute approximate surface area is 105 Å². The molecule has 2 aromatic rings. The SMILES string of the molecule is Cc1cnc(C(C)Nc2cccc(C#N)c2)s1. The Hall–Kier alpha value is -1.86. The zero-order chi connectivity index (χ0) is 12.3. The van der Waals surface area contributed by atoms with E-state index < -0.39 is 0 Å². The van der Waals surface area contributed by atoms with Crippen molar-refractivity contribution in [2.75, 3.05) is 5.32 Å². The lowest BCUT2D eigenvalue weighted by atomic mass is 10.2. The second-order valence-electron chi connectivity index (χ2n) is 3.87. The third kappa shape index (κ3) is 2.83. The van der Waals surface area contributed by atoms with Crippen LogP contribution in [0.3, 0.4) is 0 Å². The Kier molecular flexibility index (Phi) is 3.40. The van der Waals surface area contributed by atoms with Gasteiger partial charge in [0.2, 0.25) is 0 Å². The highest BCUT2D eigenvalue weighted by Gasteiger charge is 2.09. The van der Waals surface area contributed by atoms with Crippen LogP contribution in [0.2, 0.25) is 0 Å². The maximum absolute atomic E-state index is 8.83. The fourth-order valence-corrected chi connectivity index (χ4v) is 2.34. The molecule has 1 aromatic heterocycles. The minimum Gasteiger partial charge on any atom is -0.376 e. The molecule has 0 saturated heterocycles. The van der Waals surface area contributed by atoms with Gasteiger partial charge in [0.05, 0.1) is 17.7 Å². The number of anilines is 1. The van der Waals surface area contributed by atoms with Gasteiger partial charge in [-0.05, 0) is 32.0 Å². The number of aromatic nitrogens is 1. The molecule has 1 unspecified atom stereocenters. The van der Waals surface area contributed by atoms with E-state index in [-0.39, 0.29) is 6.04 Å². The number of nitrogens with zero attached hydrogens (tertiary/aromatic N) is 2. The summed E-state index contributed by atoms with van der Waals surface area (Å²) in [6, 6.07) is 9.76. The van der Waals surface area contributed by atoms with Crippen molar-refractivity contribution in [3.05, 3.63) is 45.9 Å². The quantitative estimate of drug-likeness (QED) is 0.897. The van der Waals surface area contributed by atoms with E-state index in [0.717, 1.165) is 10.7 Å². The summed E-state index contributed by atoms with van der Waals surface area (Å²) >= 11 is 1.69. The molecule has 1 atom stereocenters. The minimum absolute atomic E-state index is 0.155. The normalized spacial score (nSPS) is 11.8. The van der Waals surface area contributed by atoms with Crippen molar-refractivity contribution in [2.24, 2.45) is 0 Å². The predicted molar refractivity (Wildman–Crippen MR) is 70.0 cm³/mol. The first-order valence-corrected chi connectivity index (χ1v) is 6.19. The fraction of sp³-hybridized carbons (Fsp3) is 0.231. The number of nitrogens with one attached hydrogen (secondary N) is 1. The van der Waals surface area contributed by atoms with Gasteiger partial charge in [-0.3, -0.25) is 0 Å². The van der Waals surface area contributed by atoms with Crippen LogP contribution in [0.5, 0.6) is 0 Å². The van der Waals surface area contributed by atoms with Crippen molar-refractivity contribution in [2.45, 2.75) is 19.9 Å². The standard InChI is InChI=1S/C13H13N3S/c1-9-8-15-13(17-9)10(2)16-12-5-3-4-11(6-12)7-14/h3-6,8,10,16H,1-2H3. The summed E-state index contributed by atoms with van der Waals surface area (Å²) in [6.45, 7) is 4.11. The number of hydrogen-bond donors (Lipinski definition) is 1. The summed E-state index contributed by atoms with van der Waals surface area (Å²) in [5.41, 5.74) is 1.61. The fourth-order valence-electron chi connectivity index (χ4n) is 1.56. The average molecular weight is 243 g/mol. The van der Waals surface area contributed by atoms with Crippen molar-refractivity contribution in [1.82, 2.24) is 4.98 Å². The highest BCUT2D eigenvalue weighted by atomic mass is 32.1. The van der Waals surface area contributed by atoms with Gasteiger partial charge in [-0.1, -0.05) is 6.07 Å². The molecule has 17 heavy (non-hydrogen) atoms. The molecular formula is C13H13N3S. The zero-order valence-electron chi connectivity index (χ0n) is 9.77. The number of benzene rings is 1. The Bertz CT molecular complexity index is 554. The van der Waals surface area contributed by atoms with Crippen LogP contribution >= 0.6 is 11.3 Å². The first-order chi connectivity index (χ1) is 8.19. The molecule has 0 fully saturated rings. The van der Waals surface area contributed by atoms with E-state index in [9.17, 15) is 0 Å². The van der Waals surface area contributed by atoms with Crippen molar-refractivity contribution in [3.8, 4) is 6.07 Å². The molecule has 0 radical (unpaired) electrons. The van der Waals surface area contributed by atoms with E-state index in [1.165, 1.54) is 4.88 Å². The Morgan fingerprint density at radius 2 is 2.29 bits per heavy atom. The van der Waals surface area contributed by atoms with Crippen molar-refractivity contribution in [3.63, 3.8) is 0 Å². The molecule has 0 aliphatic heterocycles. The number of thiazole rings is 1. The molecule has 0 saturated carbocycles. The molecule has 1 aromatic carbocycles. The van der Waals surface area contributed by atoms with Crippen LogP contribution in [0.25, 0.3) is 0 Å². The summed E-state index contributed by atoms with van der Waals surface area (Å²) in [5, 5.41) is 13.2. The smallest absolute Gasteiger partial charge is 0.115 e. The summed E-state index contributed by atoms with van der Waals surface area (Å²) in [6.07, 6.45) is 1.88. The van der Waals surface area contributed by atoms with Gasteiger partial charge in [0.1, 0.15) is 5.01 Å². The molecule has 0 bridgehead atoms. The van der Waals surface area contributed by atoms with Crippen LogP contribution in [0.15, 0.2) is 30.5 Å². The molecule has 0 amide bonds. The van der Waals surface area contributed by atoms with E-state index in [2.05, 4.69) is 23.3 Å². The van der Waals surface area contributed by atoms with Gasteiger partial charge in [-0.25, -0.2) is 4.98 Å². The third-order valence-corrected chi connectivity index (χ3v) is 3.48. The second-order valence-corrected chi connectivity index (χ2v) is 5.13. The van der Waals surface area contributed by atoms with E-state index in [1.54, 1.807) is 17.4 Å². The van der Waals surface area contributed by atoms with Crippen molar-refractivity contribution < 1.29 is 0 Å². The van der Waals surface area contributed by atoms with E-state index in [1.807, 2.05) is 31.3 Å². The number of rotatable bonds is 3. The molecule has 4 heteroatoms. The Balaban J connectivity index is 2.13. The maximum atomic E-state index is 8.83. The van der Waals surface area contributed by atoms with Gasteiger partial charge in [0, 0.05) is 16.8 Å². The third-order valence-electron chi connectivity index (χ3n) is 2.38. The summed E-state index contributed by atoms with van der Waals surface area (Å²) in [5.74, 6) is 0. The maximum Gasteiger partial charge on any atom is 0.115 e. The van der Waals surface area contributed by atoms with E-state index in [4.69, 9.17) is 5.26 Å². The highest BCUT2D eigenvalue weighted by molar-refractivity contribution is 7.11. The monoisotopic (exact) mass is 243 g/mol. The van der Waals surface area contributed by atoms with Crippen LogP contribution in [0.1, 0.15) is 28.4 Å². The lowest BCUT2D eigenvalue weighted by Gasteiger charge is -2.12.